The molecule has 0 radical (unpaired) electrons. The van der Waals surface area contributed by atoms with Crippen molar-refractivity contribution in [2.45, 2.75) is 6.42 Å². The minimum absolute atomic E-state index is 0.274. The van der Waals surface area contributed by atoms with Crippen molar-refractivity contribution in [3.63, 3.8) is 0 Å². The Bertz CT molecular complexity index is 371. The third kappa shape index (κ3) is 1.33. The van der Waals surface area contributed by atoms with Crippen molar-refractivity contribution in [1.82, 2.24) is 4.98 Å². The fraction of sp³-hybridized carbons (Fsp3) is 0.200. The summed E-state index contributed by atoms with van der Waals surface area (Å²) in [6.45, 7) is 4.08. The quantitative estimate of drug-likeness (QED) is 0.606. The molecule has 0 aromatic carbocycles. The molecule has 0 bridgehead atoms. The lowest BCUT2D eigenvalue weighted by molar-refractivity contribution is 0.0479. The molecule has 13 heavy (non-hydrogen) atoms. The molecular formula is C10H9NO2. The van der Waals surface area contributed by atoms with E-state index >= 15 is 0 Å². The number of fused-ring (bicyclic) bond motifs is 1. The molecule has 2 rings (SSSR count). The highest BCUT2D eigenvalue weighted by Crippen LogP contribution is 2.16. The molecule has 0 aliphatic carbocycles. The number of hydrogen-bond donors (Lipinski definition) is 0. The predicted molar refractivity (Wildman–Crippen MR) is 48.3 cm³/mol. The minimum Gasteiger partial charge on any atom is -0.462 e. The van der Waals surface area contributed by atoms with Crippen LogP contribution in [0.15, 0.2) is 18.8 Å². The summed E-state index contributed by atoms with van der Waals surface area (Å²) < 4.78 is 4.87. The van der Waals surface area contributed by atoms with Crippen LogP contribution in [0.2, 0.25) is 0 Å². The second-order valence-electron chi connectivity index (χ2n) is 2.86. The third-order valence-electron chi connectivity index (χ3n) is 2.04. The average Bonchev–Trinajstić information content (AvgIpc) is 2.18. The highest BCUT2D eigenvalue weighted by atomic mass is 16.5. The summed E-state index contributed by atoms with van der Waals surface area (Å²) in [5.74, 6) is -0.274. The van der Waals surface area contributed by atoms with E-state index in [2.05, 4.69) is 11.6 Å². The van der Waals surface area contributed by atoms with Crippen molar-refractivity contribution in [3.05, 3.63) is 35.7 Å². The van der Waals surface area contributed by atoms with Gasteiger partial charge in [-0.2, -0.15) is 0 Å². The van der Waals surface area contributed by atoms with Crippen LogP contribution < -0.4 is 0 Å². The van der Waals surface area contributed by atoms with E-state index < -0.39 is 0 Å². The zero-order valence-corrected chi connectivity index (χ0v) is 7.12. The Morgan fingerprint density at radius 2 is 2.46 bits per heavy atom. The van der Waals surface area contributed by atoms with E-state index in [0.717, 1.165) is 17.7 Å². The summed E-state index contributed by atoms with van der Waals surface area (Å²) >= 11 is 0. The number of nitrogens with zero attached hydrogens (tertiary/aromatic N) is 1. The van der Waals surface area contributed by atoms with Crippen molar-refractivity contribution in [2.24, 2.45) is 0 Å². The highest BCUT2D eigenvalue weighted by Gasteiger charge is 2.18. The Balaban J connectivity index is 2.51. The van der Waals surface area contributed by atoms with Crippen molar-refractivity contribution in [2.75, 3.05) is 6.61 Å². The zero-order valence-electron chi connectivity index (χ0n) is 7.12. The van der Waals surface area contributed by atoms with Gasteiger partial charge in [-0.15, -0.1) is 0 Å². The molecule has 0 N–H and O–H groups in total. The molecule has 1 aromatic heterocycles. The van der Waals surface area contributed by atoms with Gasteiger partial charge in [0.1, 0.15) is 0 Å². The monoisotopic (exact) mass is 175 g/mol. The molecule has 3 nitrogen and oxygen atoms in total. The van der Waals surface area contributed by atoms with Gasteiger partial charge in [-0.25, -0.2) is 4.79 Å². The second kappa shape index (κ2) is 3.01. The maximum absolute atomic E-state index is 11.2. The van der Waals surface area contributed by atoms with E-state index in [1.54, 1.807) is 12.3 Å². The van der Waals surface area contributed by atoms with Crippen molar-refractivity contribution in [3.8, 4) is 0 Å². The van der Waals surface area contributed by atoms with Gasteiger partial charge in [0.15, 0.2) is 0 Å². The molecular weight excluding hydrogens is 166 g/mol. The fourth-order valence-corrected chi connectivity index (χ4v) is 1.35. The molecule has 0 amide bonds. The normalized spacial score (nSPS) is 14.6. The first kappa shape index (κ1) is 7.98. The molecule has 0 fully saturated rings. The Hall–Kier alpha value is -1.64. The van der Waals surface area contributed by atoms with Gasteiger partial charge in [0, 0.05) is 12.6 Å². The fourth-order valence-electron chi connectivity index (χ4n) is 1.35. The first-order chi connectivity index (χ1) is 6.31. The number of pyridine rings is 1. The molecule has 1 aliphatic rings. The lowest BCUT2D eigenvalue weighted by Crippen LogP contribution is -2.18. The van der Waals surface area contributed by atoms with Crippen molar-refractivity contribution < 1.29 is 9.53 Å². The number of hydrogen-bond acceptors (Lipinski definition) is 3. The van der Waals surface area contributed by atoms with E-state index in [0.29, 0.717) is 12.2 Å². The Morgan fingerprint density at radius 1 is 1.62 bits per heavy atom. The molecule has 1 aromatic rings. The van der Waals surface area contributed by atoms with Gasteiger partial charge in [0.2, 0.25) is 0 Å². The molecule has 0 saturated carbocycles. The first-order valence-corrected chi connectivity index (χ1v) is 4.10. The number of ether oxygens (including phenoxy) is 1. The van der Waals surface area contributed by atoms with E-state index in [1.807, 2.05) is 6.07 Å². The van der Waals surface area contributed by atoms with Crippen LogP contribution in [0.1, 0.15) is 21.6 Å². The SMILES string of the molecule is C=Cc1cc2c(cn1)C(=O)OCC2. The number of carbonyl (C=O) groups is 1. The Labute approximate surface area is 76.1 Å². The van der Waals surface area contributed by atoms with Crippen LogP contribution >= 0.6 is 0 Å². The summed E-state index contributed by atoms with van der Waals surface area (Å²) in [6, 6.07) is 1.88. The number of aromatic nitrogens is 1. The molecule has 66 valence electrons. The molecule has 1 aliphatic heterocycles. The Kier molecular flexibility index (Phi) is 1.85. The van der Waals surface area contributed by atoms with Crippen LogP contribution in [0.4, 0.5) is 0 Å². The summed E-state index contributed by atoms with van der Waals surface area (Å²) in [5.41, 5.74) is 2.38. The second-order valence-corrected chi connectivity index (χ2v) is 2.86. The number of esters is 1. The maximum atomic E-state index is 11.2. The van der Waals surface area contributed by atoms with Gasteiger partial charge in [0.25, 0.3) is 0 Å². The number of cyclic esters (lactones) is 1. The van der Waals surface area contributed by atoms with Crippen molar-refractivity contribution in [1.29, 1.82) is 0 Å². The molecule has 2 heterocycles. The van der Waals surface area contributed by atoms with Gasteiger partial charge >= 0.3 is 5.97 Å². The van der Waals surface area contributed by atoms with Crippen LogP contribution in [-0.4, -0.2) is 17.6 Å². The van der Waals surface area contributed by atoms with Gasteiger partial charge in [0.05, 0.1) is 17.9 Å². The maximum Gasteiger partial charge on any atom is 0.339 e. The third-order valence-corrected chi connectivity index (χ3v) is 2.04. The van der Waals surface area contributed by atoms with Crippen molar-refractivity contribution >= 4 is 12.0 Å². The van der Waals surface area contributed by atoms with E-state index in [-0.39, 0.29) is 5.97 Å². The van der Waals surface area contributed by atoms with Gasteiger partial charge in [-0.05, 0) is 17.7 Å². The number of carbonyl (C=O) groups excluding carboxylic acids is 1. The predicted octanol–water partition coefficient (Wildman–Crippen LogP) is 1.44. The largest absolute Gasteiger partial charge is 0.462 e. The highest BCUT2D eigenvalue weighted by molar-refractivity contribution is 5.91. The average molecular weight is 175 g/mol. The number of rotatable bonds is 1. The van der Waals surface area contributed by atoms with Crippen LogP contribution in [-0.2, 0) is 11.2 Å². The van der Waals surface area contributed by atoms with Crippen LogP contribution in [0.3, 0.4) is 0 Å². The summed E-state index contributed by atoms with van der Waals surface area (Å²) in [4.78, 5) is 15.2. The van der Waals surface area contributed by atoms with E-state index in [1.165, 1.54) is 0 Å². The minimum atomic E-state index is -0.274. The zero-order chi connectivity index (χ0) is 9.26. The van der Waals surface area contributed by atoms with Gasteiger partial charge < -0.3 is 4.74 Å². The Morgan fingerprint density at radius 3 is 3.23 bits per heavy atom. The van der Waals surface area contributed by atoms with Crippen LogP contribution in [0.5, 0.6) is 0 Å². The lowest BCUT2D eigenvalue weighted by Gasteiger charge is -2.14. The molecule has 0 spiro atoms. The summed E-state index contributed by atoms with van der Waals surface area (Å²) in [6.07, 6.45) is 3.98. The van der Waals surface area contributed by atoms with Gasteiger partial charge in [-0.3, -0.25) is 4.98 Å². The molecule has 3 heteroatoms. The molecule has 0 saturated heterocycles. The van der Waals surface area contributed by atoms with Crippen LogP contribution in [0.25, 0.3) is 6.08 Å². The smallest absolute Gasteiger partial charge is 0.339 e. The molecule has 0 unspecified atom stereocenters. The lowest BCUT2D eigenvalue weighted by atomic mass is 10.0. The summed E-state index contributed by atoms with van der Waals surface area (Å²) in [5, 5.41) is 0. The van der Waals surface area contributed by atoms with Gasteiger partial charge in [-0.1, -0.05) is 6.58 Å². The van der Waals surface area contributed by atoms with E-state index in [4.69, 9.17) is 4.74 Å². The van der Waals surface area contributed by atoms with E-state index in [9.17, 15) is 4.79 Å². The summed E-state index contributed by atoms with van der Waals surface area (Å²) in [7, 11) is 0. The first-order valence-electron chi connectivity index (χ1n) is 4.10. The standard InChI is InChI=1S/C10H9NO2/c1-2-8-5-7-3-4-13-10(12)9(7)6-11-8/h2,5-6H,1,3-4H2. The molecule has 0 atom stereocenters. The van der Waals surface area contributed by atoms with Crippen LogP contribution in [0, 0.1) is 0 Å². The topological polar surface area (TPSA) is 39.2 Å².